The largest absolute Gasteiger partial charge is 0.310 e. The van der Waals surface area contributed by atoms with E-state index in [-0.39, 0.29) is 5.41 Å². The van der Waals surface area contributed by atoms with Gasteiger partial charge in [0.15, 0.2) is 0 Å². The third kappa shape index (κ3) is 4.40. The van der Waals surface area contributed by atoms with Gasteiger partial charge >= 0.3 is 0 Å². The Hall–Kier alpha value is -5.74. The molecule has 0 aliphatic heterocycles. The van der Waals surface area contributed by atoms with E-state index in [4.69, 9.17) is 0 Å². The van der Waals surface area contributed by atoms with Gasteiger partial charge in [-0.15, -0.1) is 22.7 Å². The molecule has 0 unspecified atom stereocenters. The number of anilines is 3. The van der Waals surface area contributed by atoms with Crippen molar-refractivity contribution < 1.29 is 0 Å². The van der Waals surface area contributed by atoms with Gasteiger partial charge in [0.1, 0.15) is 0 Å². The van der Waals surface area contributed by atoms with Crippen molar-refractivity contribution >= 4 is 90.9 Å². The van der Waals surface area contributed by atoms with Crippen LogP contribution in [0.25, 0.3) is 73.4 Å². The van der Waals surface area contributed by atoms with E-state index >= 15 is 0 Å². The summed E-state index contributed by atoms with van der Waals surface area (Å²) in [6.07, 6.45) is 0. The van der Waals surface area contributed by atoms with Crippen molar-refractivity contribution in [3.8, 4) is 22.3 Å². The van der Waals surface area contributed by atoms with E-state index in [1.165, 1.54) is 90.2 Å². The van der Waals surface area contributed by atoms with Gasteiger partial charge in [0.05, 0.1) is 0 Å². The third-order valence-electron chi connectivity index (χ3n) is 11.3. The highest BCUT2D eigenvalue weighted by Crippen LogP contribution is 2.51. The molecule has 0 amide bonds. The van der Waals surface area contributed by atoms with Gasteiger partial charge in [0.2, 0.25) is 0 Å². The second-order valence-electron chi connectivity index (χ2n) is 14.5. The minimum absolute atomic E-state index is 0.0795. The summed E-state index contributed by atoms with van der Waals surface area (Å²) in [5.41, 5.74) is 11.3. The first kappa shape index (κ1) is 29.9. The van der Waals surface area contributed by atoms with Crippen LogP contribution in [0.3, 0.4) is 0 Å². The predicted octanol–water partition coefficient (Wildman–Crippen LogP) is 15.0. The molecule has 246 valence electrons. The normalized spacial score (nSPS) is 13.3. The molecule has 0 bridgehead atoms. The molecule has 0 saturated heterocycles. The van der Waals surface area contributed by atoms with Crippen LogP contribution in [-0.4, -0.2) is 0 Å². The molecule has 0 fully saturated rings. The fourth-order valence-corrected chi connectivity index (χ4v) is 10.9. The molecule has 0 spiro atoms. The molecule has 1 nitrogen and oxygen atoms in total. The number of hydrogen-bond donors (Lipinski definition) is 0. The fraction of sp³-hybridized carbons (Fsp3) is 0.0612. The standard InChI is InChI=1S/C49H33NS2/c1-49(2)42-12-6-3-9-37(42)38-24-21-34(28-43(38)49)50(35-22-25-40-39-10-4-7-13-44(39)52-47(40)29-35)33-19-15-30(16-20-33)31-17-23-36-32(27-31)18-26-46-48(36)41-11-5-8-14-45(41)51-46/h3-29H,1-2H3. The lowest BCUT2D eigenvalue weighted by Crippen LogP contribution is -2.16. The fourth-order valence-electron chi connectivity index (χ4n) is 8.67. The number of nitrogens with zero attached hydrogens (tertiary/aromatic N) is 1. The molecule has 8 aromatic carbocycles. The second kappa shape index (κ2) is 11.1. The topological polar surface area (TPSA) is 3.24 Å². The molecule has 0 radical (unpaired) electrons. The smallest absolute Gasteiger partial charge is 0.0476 e. The molecule has 1 aliphatic rings. The van der Waals surface area contributed by atoms with Crippen molar-refractivity contribution in [3.63, 3.8) is 0 Å². The van der Waals surface area contributed by atoms with Crippen molar-refractivity contribution in [2.24, 2.45) is 0 Å². The first-order valence-corrected chi connectivity index (χ1v) is 19.5. The molecule has 11 rings (SSSR count). The zero-order valence-electron chi connectivity index (χ0n) is 28.9. The van der Waals surface area contributed by atoms with Crippen molar-refractivity contribution in [3.05, 3.63) is 175 Å². The minimum atomic E-state index is -0.0795. The van der Waals surface area contributed by atoms with Crippen molar-refractivity contribution in [2.45, 2.75) is 19.3 Å². The van der Waals surface area contributed by atoms with Gasteiger partial charge in [0, 0.05) is 62.8 Å². The summed E-state index contributed by atoms with van der Waals surface area (Å²) in [7, 11) is 0. The van der Waals surface area contributed by atoms with Crippen LogP contribution in [0.4, 0.5) is 17.1 Å². The summed E-state index contributed by atoms with van der Waals surface area (Å²) in [6.45, 7) is 4.72. The van der Waals surface area contributed by atoms with Gasteiger partial charge in [0.25, 0.3) is 0 Å². The second-order valence-corrected chi connectivity index (χ2v) is 16.7. The molecule has 0 atom stereocenters. The van der Waals surface area contributed by atoms with Crippen LogP contribution in [0.1, 0.15) is 25.0 Å². The summed E-state index contributed by atoms with van der Waals surface area (Å²) in [6, 6.07) is 61.1. The number of benzene rings is 8. The third-order valence-corrected chi connectivity index (χ3v) is 13.5. The molecular formula is C49H33NS2. The van der Waals surface area contributed by atoms with E-state index in [9.17, 15) is 0 Å². The average Bonchev–Trinajstić information content (AvgIpc) is 3.83. The SMILES string of the molecule is CC1(C)c2ccccc2-c2ccc(N(c3ccc(-c4ccc5c(ccc6sc7ccccc7c65)c4)cc3)c3ccc4c(c3)sc3ccccc34)cc21. The van der Waals surface area contributed by atoms with E-state index in [0.717, 1.165) is 11.4 Å². The summed E-state index contributed by atoms with van der Waals surface area (Å²) in [5, 5.41) is 7.95. The van der Waals surface area contributed by atoms with Gasteiger partial charge in [-0.25, -0.2) is 0 Å². The monoisotopic (exact) mass is 699 g/mol. The van der Waals surface area contributed by atoms with Crippen LogP contribution in [0, 0.1) is 0 Å². The molecule has 1 aliphatic carbocycles. The first-order valence-electron chi connectivity index (χ1n) is 17.9. The minimum Gasteiger partial charge on any atom is -0.310 e. The van der Waals surface area contributed by atoms with Gasteiger partial charge in [-0.3, -0.25) is 0 Å². The zero-order chi connectivity index (χ0) is 34.6. The van der Waals surface area contributed by atoms with Crippen LogP contribution >= 0.6 is 22.7 Å². The van der Waals surface area contributed by atoms with Gasteiger partial charge < -0.3 is 4.90 Å². The quantitative estimate of drug-likeness (QED) is 0.177. The van der Waals surface area contributed by atoms with E-state index in [1.54, 1.807) is 0 Å². The Balaban J connectivity index is 1.04. The van der Waals surface area contributed by atoms with Crippen LogP contribution < -0.4 is 4.90 Å². The Bertz CT molecular complexity index is 3050. The highest BCUT2D eigenvalue weighted by Gasteiger charge is 2.35. The van der Waals surface area contributed by atoms with Crippen LogP contribution in [0.5, 0.6) is 0 Å². The lowest BCUT2D eigenvalue weighted by molar-refractivity contribution is 0.660. The van der Waals surface area contributed by atoms with E-state index < -0.39 is 0 Å². The molecular weight excluding hydrogens is 667 g/mol. The van der Waals surface area contributed by atoms with Gasteiger partial charge in [-0.2, -0.15) is 0 Å². The van der Waals surface area contributed by atoms with Crippen molar-refractivity contribution in [1.82, 2.24) is 0 Å². The Labute approximate surface area is 310 Å². The highest BCUT2D eigenvalue weighted by molar-refractivity contribution is 7.26. The van der Waals surface area contributed by atoms with Crippen LogP contribution in [0.15, 0.2) is 164 Å². The lowest BCUT2D eigenvalue weighted by atomic mass is 9.82. The average molecular weight is 700 g/mol. The highest BCUT2D eigenvalue weighted by atomic mass is 32.1. The Morgan fingerprint density at radius 2 is 1.02 bits per heavy atom. The summed E-state index contributed by atoms with van der Waals surface area (Å²) >= 11 is 3.75. The molecule has 0 N–H and O–H groups in total. The number of hydrogen-bond acceptors (Lipinski definition) is 3. The Morgan fingerprint density at radius 1 is 0.404 bits per heavy atom. The van der Waals surface area contributed by atoms with Gasteiger partial charge in [-0.1, -0.05) is 117 Å². The molecule has 2 heterocycles. The summed E-state index contributed by atoms with van der Waals surface area (Å²) in [5.74, 6) is 0. The number of fused-ring (bicyclic) bond motifs is 11. The molecule has 10 aromatic rings. The van der Waals surface area contributed by atoms with Gasteiger partial charge in [-0.05, 0) is 105 Å². The lowest BCUT2D eigenvalue weighted by Gasteiger charge is -2.28. The zero-order valence-corrected chi connectivity index (χ0v) is 30.5. The molecule has 52 heavy (non-hydrogen) atoms. The Morgan fingerprint density at radius 3 is 1.88 bits per heavy atom. The van der Waals surface area contributed by atoms with E-state index in [2.05, 4.69) is 183 Å². The maximum Gasteiger partial charge on any atom is 0.0476 e. The predicted molar refractivity (Wildman–Crippen MR) is 227 cm³/mol. The van der Waals surface area contributed by atoms with E-state index in [1.807, 2.05) is 22.7 Å². The number of thiophene rings is 2. The van der Waals surface area contributed by atoms with Crippen LogP contribution in [0.2, 0.25) is 0 Å². The Kier molecular flexibility index (Phi) is 6.41. The van der Waals surface area contributed by atoms with Crippen molar-refractivity contribution in [1.29, 1.82) is 0 Å². The molecule has 3 heteroatoms. The molecule has 2 aromatic heterocycles. The maximum atomic E-state index is 2.44. The summed E-state index contributed by atoms with van der Waals surface area (Å²) < 4.78 is 5.32. The van der Waals surface area contributed by atoms with E-state index in [0.29, 0.717) is 0 Å². The maximum absolute atomic E-state index is 2.44. The first-order chi connectivity index (χ1) is 25.5. The summed E-state index contributed by atoms with van der Waals surface area (Å²) in [4.78, 5) is 2.44. The number of rotatable bonds is 4. The molecule has 0 saturated carbocycles. The van der Waals surface area contributed by atoms with Crippen molar-refractivity contribution in [2.75, 3.05) is 4.90 Å². The van der Waals surface area contributed by atoms with Crippen LogP contribution in [-0.2, 0) is 5.41 Å².